The van der Waals surface area contributed by atoms with Gasteiger partial charge in [0.15, 0.2) is 0 Å². The molecule has 0 aromatic rings. The average Bonchev–Trinajstić information content (AvgIpc) is 3.00. The molecule has 1 saturated heterocycles. The number of nitrogens with zero attached hydrogens (tertiary/aromatic N) is 1. The van der Waals surface area contributed by atoms with Gasteiger partial charge in [-0.3, -0.25) is 4.90 Å². The summed E-state index contributed by atoms with van der Waals surface area (Å²) in [5, 5.41) is 0. The molecule has 0 amide bonds. The Morgan fingerprint density at radius 1 is 1.28 bits per heavy atom. The minimum atomic E-state index is 0.295. The molecule has 2 aliphatic carbocycles. The van der Waals surface area contributed by atoms with Gasteiger partial charge in [-0.2, -0.15) is 0 Å². The van der Waals surface area contributed by atoms with E-state index < -0.39 is 0 Å². The Kier molecular flexibility index (Phi) is 3.65. The average molecular weight is 252 g/mol. The van der Waals surface area contributed by atoms with Crippen LogP contribution in [0.4, 0.5) is 0 Å². The van der Waals surface area contributed by atoms with Gasteiger partial charge in [-0.05, 0) is 57.4 Å². The van der Waals surface area contributed by atoms with Crippen LogP contribution in [0.15, 0.2) is 0 Å². The van der Waals surface area contributed by atoms with E-state index in [0.29, 0.717) is 11.6 Å². The summed E-state index contributed by atoms with van der Waals surface area (Å²) in [7, 11) is 2.28. The number of ether oxygens (including phenoxy) is 1. The predicted molar refractivity (Wildman–Crippen MR) is 73.5 cm³/mol. The van der Waals surface area contributed by atoms with Gasteiger partial charge < -0.3 is 10.5 Å². The zero-order valence-electron chi connectivity index (χ0n) is 11.7. The van der Waals surface area contributed by atoms with Crippen LogP contribution in [0, 0.1) is 11.8 Å². The molecule has 2 saturated carbocycles. The number of likely N-dealkylation sites (N-methyl/N-ethyl adjacent to an activating group) is 1. The second-order valence-corrected chi connectivity index (χ2v) is 6.76. The molecule has 0 radical (unpaired) electrons. The van der Waals surface area contributed by atoms with Gasteiger partial charge in [0.1, 0.15) is 0 Å². The Morgan fingerprint density at radius 2 is 2.17 bits per heavy atom. The third-order valence-corrected chi connectivity index (χ3v) is 5.81. The molecular formula is C15H28N2O. The first-order valence-corrected chi connectivity index (χ1v) is 7.77. The molecule has 2 bridgehead atoms. The van der Waals surface area contributed by atoms with Crippen LogP contribution in [0.25, 0.3) is 0 Å². The summed E-state index contributed by atoms with van der Waals surface area (Å²) < 4.78 is 5.90. The van der Waals surface area contributed by atoms with E-state index >= 15 is 0 Å². The van der Waals surface area contributed by atoms with Crippen molar-refractivity contribution in [2.45, 2.75) is 56.6 Å². The summed E-state index contributed by atoms with van der Waals surface area (Å²) >= 11 is 0. The molecule has 0 aromatic heterocycles. The van der Waals surface area contributed by atoms with E-state index in [9.17, 15) is 0 Å². The summed E-state index contributed by atoms with van der Waals surface area (Å²) in [4.78, 5) is 2.56. The highest BCUT2D eigenvalue weighted by molar-refractivity contribution is 5.07. The maximum Gasteiger partial charge on any atom is 0.0702 e. The fourth-order valence-corrected chi connectivity index (χ4v) is 4.73. The Labute approximate surface area is 111 Å². The van der Waals surface area contributed by atoms with Crippen molar-refractivity contribution in [1.29, 1.82) is 0 Å². The lowest BCUT2D eigenvalue weighted by molar-refractivity contribution is -0.0340. The molecule has 4 unspecified atom stereocenters. The smallest absolute Gasteiger partial charge is 0.0702 e. The summed E-state index contributed by atoms with van der Waals surface area (Å²) in [5.41, 5.74) is 6.47. The highest BCUT2D eigenvalue weighted by atomic mass is 16.5. The molecule has 3 rings (SSSR count). The van der Waals surface area contributed by atoms with Crippen LogP contribution in [-0.2, 0) is 4.74 Å². The fraction of sp³-hybridized carbons (Fsp3) is 1.00. The first-order valence-electron chi connectivity index (χ1n) is 7.77. The van der Waals surface area contributed by atoms with Crippen LogP contribution < -0.4 is 5.73 Å². The van der Waals surface area contributed by atoms with Gasteiger partial charge in [-0.15, -0.1) is 0 Å². The van der Waals surface area contributed by atoms with E-state index in [0.717, 1.165) is 31.5 Å². The van der Waals surface area contributed by atoms with Crippen LogP contribution in [-0.4, -0.2) is 43.3 Å². The Bertz CT molecular complexity index is 290. The Balaban J connectivity index is 1.64. The normalized spacial score (nSPS) is 43.8. The van der Waals surface area contributed by atoms with Crippen LogP contribution in [0.3, 0.4) is 0 Å². The lowest BCUT2D eigenvalue weighted by Crippen LogP contribution is -2.57. The Hall–Kier alpha value is -0.120. The Morgan fingerprint density at radius 3 is 2.72 bits per heavy atom. The lowest BCUT2D eigenvalue weighted by atomic mass is 9.79. The van der Waals surface area contributed by atoms with Crippen molar-refractivity contribution in [2.24, 2.45) is 17.6 Å². The molecule has 18 heavy (non-hydrogen) atoms. The minimum absolute atomic E-state index is 0.295. The number of fused-ring (bicyclic) bond motifs is 2. The number of nitrogens with two attached hydrogens (primary N) is 1. The van der Waals surface area contributed by atoms with Crippen LogP contribution in [0.5, 0.6) is 0 Å². The minimum Gasteiger partial charge on any atom is -0.377 e. The first kappa shape index (κ1) is 12.9. The van der Waals surface area contributed by atoms with Crippen LogP contribution in [0.2, 0.25) is 0 Å². The molecule has 3 aliphatic rings. The van der Waals surface area contributed by atoms with Crippen molar-refractivity contribution in [2.75, 3.05) is 26.7 Å². The second kappa shape index (κ2) is 5.10. The van der Waals surface area contributed by atoms with Gasteiger partial charge in [0.25, 0.3) is 0 Å². The third kappa shape index (κ3) is 2.10. The summed E-state index contributed by atoms with van der Waals surface area (Å²) in [6.45, 7) is 2.87. The van der Waals surface area contributed by atoms with E-state index in [1.165, 1.54) is 44.9 Å². The quantitative estimate of drug-likeness (QED) is 0.832. The SMILES string of the molecule is CN(CC1CCCCO1)C1(CN)CC2CCC1C2. The summed E-state index contributed by atoms with van der Waals surface area (Å²) in [6.07, 6.45) is 9.86. The van der Waals surface area contributed by atoms with Crippen molar-refractivity contribution in [3.8, 4) is 0 Å². The van der Waals surface area contributed by atoms with Crippen LogP contribution >= 0.6 is 0 Å². The molecule has 104 valence electrons. The standard InChI is InChI=1S/C15H28N2O/c1-17(10-14-4-2-3-7-18-14)15(11-16)9-12-5-6-13(15)8-12/h12-14H,2-11,16H2,1H3. The predicted octanol–water partition coefficient (Wildman–Crippen LogP) is 2.00. The van der Waals surface area contributed by atoms with Gasteiger partial charge >= 0.3 is 0 Å². The molecule has 1 heterocycles. The highest BCUT2D eigenvalue weighted by Crippen LogP contribution is 2.52. The third-order valence-electron chi connectivity index (χ3n) is 5.81. The van der Waals surface area contributed by atoms with Crippen molar-refractivity contribution in [3.05, 3.63) is 0 Å². The zero-order chi connectivity index (χ0) is 12.6. The topological polar surface area (TPSA) is 38.5 Å². The first-order chi connectivity index (χ1) is 8.74. The van der Waals surface area contributed by atoms with Gasteiger partial charge in [0.2, 0.25) is 0 Å². The zero-order valence-corrected chi connectivity index (χ0v) is 11.7. The molecule has 3 heteroatoms. The fourth-order valence-electron chi connectivity index (χ4n) is 4.73. The number of hydrogen-bond donors (Lipinski definition) is 1. The molecule has 1 aliphatic heterocycles. The van der Waals surface area contributed by atoms with Crippen molar-refractivity contribution >= 4 is 0 Å². The largest absolute Gasteiger partial charge is 0.377 e. The van der Waals surface area contributed by atoms with Gasteiger partial charge in [-0.1, -0.05) is 6.42 Å². The number of hydrogen-bond acceptors (Lipinski definition) is 3. The van der Waals surface area contributed by atoms with E-state index in [1.807, 2.05) is 0 Å². The number of rotatable bonds is 4. The van der Waals surface area contributed by atoms with E-state index in [1.54, 1.807) is 0 Å². The maximum absolute atomic E-state index is 6.18. The molecule has 3 fully saturated rings. The van der Waals surface area contributed by atoms with Crippen molar-refractivity contribution in [3.63, 3.8) is 0 Å². The van der Waals surface area contributed by atoms with E-state index in [-0.39, 0.29) is 0 Å². The molecule has 2 N–H and O–H groups in total. The maximum atomic E-state index is 6.18. The van der Waals surface area contributed by atoms with Gasteiger partial charge in [0.05, 0.1) is 6.10 Å². The van der Waals surface area contributed by atoms with Crippen LogP contribution in [0.1, 0.15) is 44.9 Å². The molecule has 0 aromatic carbocycles. The van der Waals surface area contributed by atoms with Crippen molar-refractivity contribution < 1.29 is 4.74 Å². The van der Waals surface area contributed by atoms with Gasteiger partial charge in [0, 0.05) is 25.2 Å². The summed E-state index contributed by atoms with van der Waals surface area (Å²) in [5.74, 6) is 1.80. The van der Waals surface area contributed by atoms with E-state index in [4.69, 9.17) is 10.5 Å². The molecule has 0 spiro atoms. The molecule has 4 atom stereocenters. The van der Waals surface area contributed by atoms with E-state index in [2.05, 4.69) is 11.9 Å². The second-order valence-electron chi connectivity index (χ2n) is 6.76. The summed E-state index contributed by atoms with van der Waals surface area (Å²) in [6, 6.07) is 0. The molecule has 3 nitrogen and oxygen atoms in total. The van der Waals surface area contributed by atoms with Gasteiger partial charge in [-0.25, -0.2) is 0 Å². The highest BCUT2D eigenvalue weighted by Gasteiger charge is 2.52. The molecular weight excluding hydrogens is 224 g/mol. The monoisotopic (exact) mass is 252 g/mol. The van der Waals surface area contributed by atoms with Crippen molar-refractivity contribution in [1.82, 2.24) is 4.90 Å². The lowest BCUT2D eigenvalue weighted by Gasteiger charge is -2.46.